The predicted molar refractivity (Wildman–Crippen MR) is 49.9 cm³/mol. The van der Waals surface area contributed by atoms with Gasteiger partial charge in [-0.05, 0) is 24.6 Å². The number of nitrogens with zero attached hydrogens (tertiary/aromatic N) is 4. The van der Waals surface area contributed by atoms with Crippen molar-refractivity contribution in [3.8, 4) is 11.8 Å². The molecule has 13 heavy (non-hydrogen) atoms. The van der Waals surface area contributed by atoms with Crippen molar-refractivity contribution in [2.75, 3.05) is 6.54 Å². The number of hydrogen-bond donors (Lipinski definition) is 0. The highest BCUT2D eigenvalue weighted by Gasteiger charge is 1.86. The number of azide groups is 1. The number of aryl methyl sites for hydroxylation is 1. The fraction of sp³-hybridized carbons (Fsp3) is 0.222. The molecule has 64 valence electrons. The molecule has 0 amide bonds. The Hall–Kier alpha value is -1.98. The molecule has 1 rings (SSSR count). The third-order valence-corrected chi connectivity index (χ3v) is 1.34. The summed E-state index contributed by atoms with van der Waals surface area (Å²) in [5.41, 5.74) is 9.80. The van der Waals surface area contributed by atoms with E-state index in [2.05, 4.69) is 26.9 Å². The van der Waals surface area contributed by atoms with Gasteiger partial charge in [0.1, 0.15) is 0 Å². The molecule has 0 fully saturated rings. The first-order chi connectivity index (χ1) is 6.33. The Morgan fingerprint density at radius 2 is 2.54 bits per heavy atom. The zero-order valence-electron chi connectivity index (χ0n) is 7.23. The third kappa shape index (κ3) is 3.28. The van der Waals surface area contributed by atoms with Crippen LogP contribution in [0.2, 0.25) is 0 Å². The summed E-state index contributed by atoms with van der Waals surface area (Å²) in [7, 11) is 0. The summed E-state index contributed by atoms with van der Waals surface area (Å²) in [6, 6.07) is 3.69. The molecule has 4 nitrogen and oxygen atoms in total. The maximum Gasteiger partial charge on any atom is 0.0880 e. The van der Waals surface area contributed by atoms with E-state index >= 15 is 0 Å². The summed E-state index contributed by atoms with van der Waals surface area (Å²) in [5.74, 6) is 5.60. The van der Waals surface area contributed by atoms with Crippen molar-refractivity contribution in [2.24, 2.45) is 5.11 Å². The van der Waals surface area contributed by atoms with Gasteiger partial charge in [-0.1, -0.05) is 17.0 Å². The second-order valence-corrected chi connectivity index (χ2v) is 2.38. The molecule has 1 heterocycles. The minimum absolute atomic E-state index is 0.206. The van der Waals surface area contributed by atoms with Gasteiger partial charge >= 0.3 is 0 Å². The lowest BCUT2D eigenvalue weighted by molar-refractivity contribution is 1.19. The lowest BCUT2D eigenvalue weighted by Gasteiger charge is -1.90. The van der Waals surface area contributed by atoms with Crippen LogP contribution in [0, 0.1) is 18.8 Å². The lowest BCUT2D eigenvalue weighted by Crippen LogP contribution is -1.81. The molecule has 0 saturated carbocycles. The monoisotopic (exact) mass is 172 g/mol. The van der Waals surface area contributed by atoms with Crippen LogP contribution in [0.3, 0.4) is 0 Å². The molecule has 0 N–H and O–H groups in total. The van der Waals surface area contributed by atoms with Crippen LogP contribution < -0.4 is 0 Å². The first-order valence-electron chi connectivity index (χ1n) is 3.75. The van der Waals surface area contributed by atoms with Crippen molar-refractivity contribution < 1.29 is 0 Å². The summed E-state index contributed by atoms with van der Waals surface area (Å²) >= 11 is 0. The van der Waals surface area contributed by atoms with Gasteiger partial charge in [-0.3, -0.25) is 4.98 Å². The topological polar surface area (TPSA) is 61.7 Å². The third-order valence-electron chi connectivity index (χ3n) is 1.34. The average molecular weight is 172 g/mol. The maximum absolute atomic E-state index is 7.99. The normalized spacial score (nSPS) is 8.08. The summed E-state index contributed by atoms with van der Waals surface area (Å²) < 4.78 is 0. The number of pyridine rings is 1. The fourth-order valence-electron chi connectivity index (χ4n) is 0.832. The van der Waals surface area contributed by atoms with Crippen LogP contribution >= 0.6 is 0 Å². The number of aromatic nitrogens is 1. The zero-order valence-corrected chi connectivity index (χ0v) is 7.23. The molecule has 0 saturated heterocycles. The van der Waals surface area contributed by atoms with Crippen LogP contribution in [-0.2, 0) is 0 Å². The maximum atomic E-state index is 7.99. The largest absolute Gasteiger partial charge is 0.262 e. The molecule has 0 radical (unpaired) electrons. The van der Waals surface area contributed by atoms with Crippen molar-refractivity contribution in [2.45, 2.75) is 6.92 Å². The molecule has 0 atom stereocenters. The summed E-state index contributed by atoms with van der Waals surface area (Å²) in [6.45, 7) is 2.11. The van der Waals surface area contributed by atoms with E-state index in [9.17, 15) is 0 Å². The van der Waals surface area contributed by atoms with Gasteiger partial charge in [-0.25, -0.2) is 0 Å². The standard InChI is InChI=1S/C9H8N4/c1-8-7-9(4-6-11-8)3-2-5-12-13-10/h4,6-7H,5H2,1H3. The SMILES string of the molecule is Cc1cc(C#CCN=[N+]=[N-])ccn1. The summed E-state index contributed by atoms with van der Waals surface area (Å²) in [4.78, 5) is 6.63. The summed E-state index contributed by atoms with van der Waals surface area (Å²) in [6.07, 6.45) is 1.70. The van der Waals surface area contributed by atoms with Gasteiger partial charge in [0.2, 0.25) is 0 Å². The van der Waals surface area contributed by atoms with Crippen LogP contribution in [0.1, 0.15) is 11.3 Å². The van der Waals surface area contributed by atoms with Gasteiger partial charge in [0.05, 0.1) is 6.54 Å². The Balaban J connectivity index is 2.71. The van der Waals surface area contributed by atoms with Crippen LogP contribution in [-0.4, -0.2) is 11.5 Å². The molecule has 1 aromatic rings. The fourth-order valence-corrected chi connectivity index (χ4v) is 0.832. The second kappa shape index (κ2) is 4.81. The van der Waals surface area contributed by atoms with Crippen LogP contribution in [0.15, 0.2) is 23.4 Å². The Labute approximate surface area is 76.2 Å². The van der Waals surface area contributed by atoms with Gasteiger partial charge in [0.25, 0.3) is 0 Å². The van der Waals surface area contributed by atoms with Gasteiger partial charge in [-0.15, -0.1) is 0 Å². The van der Waals surface area contributed by atoms with Crippen LogP contribution in [0.25, 0.3) is 10.4 Å². The number of hydrogen-bond acceptors (Lipinski definition) is 2. The molecular formula is C9H8N4. The molecule has 0 bridgehead atoms. The smallest absolute Gasteiger partial charge is 0.0880 e. The zero-order chi connectivity index (χ0) is 9.52. The van der Waals surface area contributed by atoms with Crippen molar-refractivity contribution >= 4 is 0 Å². The van der Waals surface area contributed by atoms with E-state index in [0.29, 0.717) is 0 Å². The quantitative estimate of drug-likeness (QED) is 0.277. The second-order valence-electron chi connectivity index (χ2n) is 2.38. The lowest BCUT2D eigenvalue weighted by atomic mass is 10.2. The van der Waals surface area contributed by atoms with Crippen molar-refractivity contribution in [3.05, 3.63) is 40.0 Å². The van der Waals surface area contributed by atoms with E-state index in [4.69, 9.17) is 5.53 Å². The van der Waals surface area contributed by atoms with Crippen molar-refractivity contribution in [1.29, 1.82) is 0 Å². The molecule has 0 aliphatic heterocycles. The van der Waals surface area contributed by atoms with Gasteiger partial charge < -0.3 is 0 Å². The van der Waals surface area contributed by atoms with E-state index in [1.54, 1.807) is 6.20 Å². The average Bonchev–Trinajstić information content (AvgIpc) is 2.13. The molecule has 4 heteroatoms. The Morgan fingerprint density at radius 1 is 1.69 bits per heavy atom. The molecule has 0 unspecified atom stereocenters. The first-order valence-corrected chi connectivity index (χ1v) is 3.75. The predicted octanol–water partition coefficient (Wildman–Crippen LogP) is 2.05. The molecular weight excluding hydrogens is 164 g/mol. The van der Waals surface area contributed by atoms with E-state index in [1.165, 1.54) is 0 Å². The van der Waals surface area contributed by atoms with E-state index in [-0.39, 0.29) is 6.54 Å². The molecule has 1 aromatic heterocycles. The van der Waals surface area contributed by atoms with Crippen molar-refractivity contribution in [3.63, 3.8) is 0 Å². The van der Waals surface area contributed by atoms with E-state index in [0.717, 1.165) is 11.3 Å². The molecule has 0 aliphatic carbocycles. The van der Waals surface area contributed by atoms with Gasteiger partial charge in [-0.2, -0.15) is 0 Å². The number of rotatable bonds is 1. The minimum atomic E-state index is 0.206. The molecule has 0 aromatic carbocycles. The minimum Gasteiger partial charge on any atom is -0.262 e. The van der Waals surface area contributed by atoms with Gasteiger partial charge in [0, 0.05) is 22.4 Å². The van der Waals surface area contributed by atoms with Crippen molar-refractivity contribution in [1.82, 2.24) is 4.98 Å². The Morgan fingerprint density at radius 3 is 3.23 bits per heavy atom. The van der Waals surface area contributed by atoms with Gasteiger partial charge in [0.15, 0.2) is 0 Å². The highest BCUT2D eigenvalue weighted by Crippen LogP contribution is 1.97. The first kappa shape index (κ1) is 9.11. The van der Waals surface area contributed by atoms with E-state index < -0.39 is 0 Å². The Kier molecular flexibility index (Phi) is 3.37. The molecule has 0 aliphatic rings. The molecule has 0 spiro atoms. The Bertz CT molecular complexity index is 394. The van der Waals surface area contributed by atoms with Crippen LogP contribution in [0.5, 0.6) is 0 Å². The van der Waals surface area contributed by atoms with E-state index in [1.807, 2.05) is 19.1 Å². The highest BCUT2D eigenvalue weighted by molar-refractivity contribution is 5.34. The van der Waals surface area contributed by atoms with Crippen LogP contribution in [0.4, 0.5) is 0 Å². The summed E-state index contributed by atoms with van der Waals surface area (Å²) in [5, 5.41) is 3.30. The highest BCUT2D eigenvalue weighted by atomic mass is 15.1.